The Hall–Kier alpha value is -1.93. The molecule has 0 aromatic heterocycles. The highest BCUT2D eigenvalue weighted by Gasteiger charge is 2.42. The quantitative estimate of drug-likeness (QED) is 0.650. The molecule has 3 N–H and O–H groups in total. The van der Waals surface area contributed by atoms with Gasteiger partial charge in [-0.25, -0.2) is 8.78 Å². The Kier molecular flexibility index (Phi) is 7.00. The molecule has 1 aromatic carbocycles. The van der Waals surface area contributed by atoms with Crippen molar-refractivity contribution in [1.29, 1.82) is 0 Å². The third-order valence-electron chi connectivity index (χ3n) is 4.48. The van der Waals surface area contributed by atoms with E-state index in [1.165, 1.54) is 0 Å². The maximum Gasteiger partial charge on any atom is 0.262 e. The fourth-order valence-electron chi connectivity index (χ4n) is 2.80. The normalized spacial score (nSPS) is 21.7. The Morgan fingerprint density at radius 2 is 1.96 bits per heavy atom. The van der Waals surface area contributed by atoms with Crippen molar-refractivity contribution in [2.45, 2.75) is 50.2 Å². The molecular weight excluding hydrogens is 380 g/mol. The number of ether oxygens (including phenoxy) is 1. The van der Waals surface area contributed by atoms with Crippen molar-refractivity contribution in [1.82, 2.24) is 16.0 Å². The van der Waals surface area contributed by atoms with E-state index in [0.29, 0.717) is 11.8 Å². The van der Waals surface area contributed by atoms with Crippen molar-refractivity contribution in [3.05, 3.63) is 29.8 Å². The standard InChI is InChI=1S/C18H23F2N3O3.ClH/c1-11(22-17(25)15-8-18(19,20)10-21-15)12-2-6-14(7-3-12)26-9-16(24)23-13-4-5-13;/h2-3,6-7,11,13,15,21H,4-5,8-10H2,1H3,(H,22,25)(H,23,24);1H. The molecule has 0 spiro atoms. The van der Waals surface area contributed by atoms with Crippen LogP contribution in [0.4, 0.5) is 8.78 Å². The van der Waals surface area contributed by atoms with Gasteiger partial charge in [0.15, 0.2) is 6.61 Å². The van der Waals surface area contributed by atoms with Crippen LogP contribution >= 0.6 is 12.4 Å². The summed E-state index contributed by atoms with van der Waals surface area (Å²) in [6, 6.07) is 6.07. The molecule has 1 saturated carbocycles. The Morgan fingerprint density at radius 1 is 1.30 bits per heavy atom. The molecule has 2 amide bonds. The number of carbonyl (C=O) groups excluding carboxylic acids is 2. The molecule has 1 heterocycles. The van der Waals surface area contributed by atoms with Crippen LogP contribution in [0.2, 0.25) is 0 Å². The highest BCUT2D eigenvalue weighted by atomic mass is 35.5. The van der Waals surface area contributed by atoms with Crippen LogP contribution < -0.4 is 20.7 Å². The molecule has 2 unspecified atom stereocenters. The second-order valence-corrected chi connectivity index (χ2v) is 6.92. The van der Waals surface area contributed by atoms with Gasteiger partial charge >= 0.3 is 0 Å². The molecule has 3 rings (SSSR count). The third kappa shape index (κ3) is 6.32. The molecule has 9 heteroatoms. The molecule has 2 fully saturated rings. The first-order valence-electron chi connectivity index (χ1n) is 8.76. The summed E-state index contributed by atoms with van der Waals surface area (Å²) in [5.74, 6) is -2.86. The van der Waals surface area contributed by atoms with Crippen LogP contribution in [-0.4, -0.2) is 43.0 Å². The number of nitrogens with one attached hydrogen (secondary N) is 3. The smallest absolute Gasteiger partial charge is 0.262 e. The van der Waals surface area contributed by atoms with E-state index < -0.39 is 30.8 Å². The van der Waals surface area contributed by atoms with Crippen LogP contribution in [0.1, 0.15) is 37.8 Å². The zero-order valence-electron chi connectivity index (χ0n) is 15.0. The molecule has 0 bridgehead atoms. The van der Waals surface area contributed by atoms with Gasteiger partial charge in [0.05, 0.1) is 18.6 Å². The van der Waals surface area contributed by atoms with Crippen LogP contribution in [0.25, 0.3) is 0 Å². The molecular formula is C18H24ClF2N3O3. The monoisotopic (exact) mass is 403 g/mol. The van der Waals surface area contributed by atoms with E-state index >= 15 is 0 Å². The maximum atomic E-state index is 13.2. The number of rotatable bonds is 7. The van der Waals surface area contributed by atoms with Gasteiger partial charge in [0, 0.05) is 12.5 Å². The second-order valence-electron chi connectivity index (χ2n) is 6.92. The lowest BCUT2D eigenvalue weighted by molar-refractivity contribution is -0.124. The molecule has 1 aliphatic heterocycles. The maximum absolute atomic E-state index is 13.2. The van der Waals surface area contributed by atoms with Crippen molar-refractivity contribution >= 4 is 24.2 Å². The minimum atomic E-state index is -2.84. The number of halogens is 3. The summed E-state index contributed by atoms with van der Waals surface area (Å²) in [6.07, 6.45) is 1.57. The highest BCUT2D eigenvalue weighted by Crippen LogP contribution is 2.26. The van der Waals surface area contributed by atoms with Gasteiger partial charge in [-0.05, 0) is 37.5 Å². The molecule has 2 atom stereocenters. The van der Waals surface area contributed by atoms with Crippen LogP contribution in [-0.2, 0) is 9.59 Å². The topological polar surface area (TPSA) is 79.5 Å². The van der Waals surface area contributed by atoms with Gasteiger partial charge in [-0.15, -0.1) is 12.4 Å². The minimum absolute atomic E-state index is 0. The summed E-state index contributed by atoms with van der Waals surface area (Å²) in [6.45, 7) is 1.27. The summed E-state index contributed by atoms with van der Waals surface area (Å²) in [4.78, 5) is 23.7. The summed E-state index contributed by atoms with van der Waals surface area (Å²) in [7, 11) is 0. The fourth-order valence-corrected chi connectivity index (χ4v) is 2.80. The molecule has 6 nitrogen and oxygen atoms in total. The van der Waals surface area contributed by atoms with Gasteiger partial charge in [-0.1, -0.05) is 12.1 Å². The Balaban J connectivity index is 0.00000261. The minimum Gasteiger partial charge on any atom is -0.484 e. The molecule has 1 saturated heterocycles. The van der Waals surface area contributed by atoms with Crippen molar-refractivity contribution in [2.24, 2.45) is 0 Å². The van der Waals surface area contributed by atoms with E-state index in [1.54, 1.807) is 31.2 Å². The van der Waals surface area contributed by atoms with E-state index in [2.05, 4.69) is 16.0 Å². The average molecular weight is 404 g/mol. The van der Waals surface area contributed by atoms with E-state index in [1.807, 2.05) is 0 Å². The lowest BCUT2D eigenvalue weighted by Crippen LogP contribution is -2.41. The summed E-state index contributed by atoms with van der Waals surface area (Å²) in [5.41, 5.74) is 0.817. The van der Waals surface area contributed by atoms with Gasteiger partial charge in [0.25, 0.3) is 11.8 Å². The van der Waals surface area contributed by atoms with Crippen LogP contribution in [0.3, 0.4) is 0 Å². The van der Waals surface area contributed by atoms with Gasteiger partial charge in [-0.3, -0.25) is 14.9 Å². The predicted molar refractivity (Wildman–Crippen MR) is 98.3 cm³/mol. The van der Waals surface area contributed by atoms with Crippen LogP contribution in [0.15, 0.2) is 24.3 Å². The number of hydrogen-bond acceptors (Lipinski definition) is 4. The molecule has 150 valence electrons. The lowest BCUT2D eigenvalue weighted by atomic mass is 10.1. The average Bonchev–Trinajstić information content (AvgIpc) is 3.33. The summed E-state index contributed by atoms with van der Waals surface area (Å²) >= 11 is 0. The van der Waals surface area contributed by atoms with Gasteiger partial charge in [0.1, 0.15) is 5.75 Å². The van der Waals surface area contributed by atoms with E-state index in [9.17, 15) is 18.4 Å². The number of benzene rings is 1. The summed E-state index contributed by atoms with van der Waals surface area (Å²) < 4.78 is 31.8. The zero-order chi connectivity index (χ0) is 18.7. The van der Waals surface area contributed by atoms with E-state index in [-0.39, 0.29) is 31.0 Å². The fraction of sp³-hybridized carbons (Fsp3) is 0.556. The van der Waals surface area contributed by atoms with Crippen molar-refractivity contribution in [3.63, 3.8) is 0 Å². The molecule has 1 aromatic rings. The number of carbonyl (C=O) groups is 2. The number of alkyl halides is 2. The first-order chi connectivity index (χ1) is 12.3. The van der Waals surface area contributed by atoms with Crippen molar-refractivity contribution in [3.8, 4) is 5.75 Å². The Labute approximate surface area is 162 Å². The SMILES string of the molecule is CC(NC(=O)C1CC(F)(F)CN1)c1ccc(OCC(=O)NC2CC2)cc1.Cl. The van der Waals surface area contributed by atoms with Crippen LogP contribution in [0.5, 0.6) is 5.75 Å². The van der Waals surface area contributed by atoms with Crippen molar-refractivity contribution < 1.29 is 23.1 Å². The number of amides is 2. The highest BCUT2D eigenvalue weighted by molar-refractivity contribution is 5.85. The summed E-state index contributed by atoms with van der Waals surface area (Å²) in [5, 5.41) is 8.11. The molecule has 0 radical (unpaired) electrons. The third-order valence-corrected chi connectivity index (χ3v) is 4.48. The Morgan fingerprint density at radius 3 is 2.52 bits per heavy atom. The first-order valence-corrected chi connectivity index (χ1v) is 8.76. The largest absolute Gasteiger partial charge is 0.484 e. The molecule has 1 aliphatic carbocycles. The Bertz CT molecular complexity index is 668. The number of hydrogen-bond donors (Lipinski definition) is 3. The molecule has 2 aliphatic rings. The van der Waals surface area contributed by atoms with Gasteiger partial charge < -0.3 is 15.4 Å². The lowest BCUT2D eigenvalue weighted by Gasteiger charge is -2.18. The van der Waals surface area contributed by atoms with Crippen molar-refractivity contribution in [2.75, 3.05) is 13.2 Å². The van der Waals surface area contributed by atoms with Gasteiger partial charge in [0.2, 0.25) is 5.91 Å². The zero-order valence-corrected chi connectivity index (χ0v) is 15.8. The predicted octanol–water partition coefficient (Wildman–Crippen LogP) is 1.94. The van der Waals surface area contributed by atoms with E-state index in [4.69, 9.17) is 4.74 Å². The van der Waals surface area contributed by atoms with E-state index in [0.717, 1.165) is 18.4 Å². The van der Waals surface area contributed by atoms with Gasteiger partial charge in [-0.2, -0.15) is 0 Å². The second kappa shape index (κ2) is 8.84. The molecule has 27 heavy (non-hydrogen) atoms. The first kappa shape index (κ1) is 21.4. The van der Waals surface area contributed by atoms with Crippen LogP contribution in [0, 0.1) is 0 Å².